The van der Waals surface area contributed by atoms with Gasteiger partial charge in [-0.25, -0.2) is 0 Å². The number of anilines is 1. The molecule has 0 spiro atoms. The molecule has 2 aromatic rings. The van der Waals surface area contributed by atoms with Gasteiger partial charge in [-0.1, -0.05) is 23.7 Å². The zero-order valence-electron chi connectivity index (χ0n) is 11.7. The number of nitrogens with one attached hydrogen (secondary N) is 1. The minimum Gasteiger partial charge on any atom is -0.382 e. The molecule has 3 nitrogen and oxygen atoms in total. The minimum atomic E-state index is 0.615. The van der Waals surface area contributed by atoms with Gasteiger partial charge < -0.3 is 5.73 Å². The molecule has 4 heteroatoms. The molecular formula is C17H18ClN3. The predicted molar refractivity (Wildman–Crippen MR) is 84.0 cm³/mol. The van der Waals surface area contributed by atoms with Crippen molar-refractivity contribution < 1.29 is 0 Å². The molecule has 3 fully saturated rings. The highest BCUT2D eigenvalue weighted by Crippen LogP contribution is 2.73. The van der Waals surface area contributed by atoms with Crippen molar-refractivity contribution in [1.29, 1.82) is 0 Å². The number of hydrogen-bond donors (Lipinski definition) is 2. The second kappa shape index (κ2) is 4.04. The molecule has 3 N–H and O–H groups in total. The summed E-state index contributed by atoms with van der Waals surface area (Å²) < 4.78 is 0. The maximum absolute atomic E-state index is 6.14. The minimum absolute atomic E-state index is 0.615. The Kier molecular flexibility index (Phi) is 2.33. The highest BCUT2D eigenvalue weighted by Gasteiger charge is 2.66. The number of H-pyrrole nitrogens is 1. The van der Waals surface area contributed by atoms with Gasteiger partial charge in [0.15, 0.2) is 5.82 Å². The Balaban J connectivity index is 1.56. The number of fused-ring (bicyclic) bond motifs is 5. The van der Waals surface area contributed by atoms with Crippen molar-refractivity contribution in [3.05, 3.63) is 35.0 Å². The first-order valence-electron chi connectivity index (χ1n) is 7.83. The maximum atomic E-state index is 6.14. The number of rotatable bonds is 2. The second-order valence-electron chi connectivity index (χ2n) is 6.92. The van der Waals surface area contributed by atoms with Crippen LogP contribution >= 0.6 is 11.6 Å². The lowest BCUT2D eigenvalue weighted by Gasteiger charge is -2.09. The topological polar surface area (TPSA) is 54.7 Å². The van der Waals surface area contributed by atoms with Gasteiger partial charge in [-0.15, -0.1) is 0 Å². The summed E-state index contributed by atoms with van der Waals surface area (Å²) in [4.78, 5) is 0. The standard InChI is InChI=1S/C17H18ClN3/c18-11-5-3-8(4-6-11)14-16(20-21-17(14)19)15-12-9-1-2-10(7-9)13(12)15/h3-6,9-10,12-13,15H,1-2,7H2,(H3,19,20,21). The molecule has 2 bridgehead atoms. The zero-order valence-corrected chi connectivity index (χ0v) is 12.5. The molecule has 0 saturated heterocycles. The Morgan fingerprint density at radius 2 is 1.76 bits per heavy atom. The molecule has 108 valence electrons. The third kappa shape index (κ3) is 1.58. The van der Waals surface area contributed by atoms with Crippen LogP contribution in [-0.2, 0) is 0 Å². The Bertz CT molecular complexity index is 689. The third-order valence-electron chi connectivity index (χ3n) is 6.02. The Hall–Kier alpha value is -1.48. The van der Waals surface area contributed by atoms with E-state index in [4.69, 9.17) is 17.3 Å². The van der Waals surface area contributed by atoms with E-state index < -0.39 is 0 Å². The van der Waals surface area contributed by atoms with Crippen LogP contribution in [0.3, 0.4) is 0 Å². The lowest BCUT2D eigenvalue weighted by Crippen LogP contribution is -1.99. The third-order valence-corrected chi connectivity index (χ3v) is 6.28. The van der Waals surface area contributed by atoms with Crippen LogP contribution in [0.1, 0.15) is 30.9 Å². The van der Waals surface area contributed by atoms with Gasteiger partial charge in [0.2, 0.25) is 0 Å². The molecule has 21 heavy (non-hydrogen) atoms. The fraction of sp³-hybridized carbons (Fsp3) is 0.471. The van der Waals surface area contributed by atoms with Crippen molar-refractivity contribution in [3.63, 3.8) is 0 Å². The van der Waals surface area contributed by atoms with E-state index in [1.54, 1.807) is 0 Å². The molecule has 3 aliphatic carbocycles. The second-order valence-corrected chi connectivity index (χ2v) is 7.35. The van der Waals surface area contributed by atoms with E-state index in [9.17, 15) is 0 Å². The van der Waals surface area contributed by atoms with Crippen LogP contribution in [0.5, 0.6) is 0 Å². The molecular weight excluding hydrogens is 282 g/mol. The smallest absolute Gasteiger partial charge is 0.153 e. The van der Waals surface area contributed by atoms with E-state index >= 15 is 0 Å². The predicted octanol–water partition coefficient (Wildman–Crippen LogP) is 4.07. The molecule has 0 amide bonds. The molecule has 1 heterocycles. The van der Waals surface area contributed by atoms with E-state index in [1.807, 2.05) is 24.3 Å². The fourth-order valence-electron chi connectivity index (χ4n) is 5.24. The number of hydrogen-bond acceptors (Lipinski definition) is 2. The van der Waals surface area contributed by atoms with Crippen molar-refractivity contribution >= 4 is 17.4 Å². The van der Waals surface area contributed by atoms with E-state index in [0.717, 1.165) is 39.8 Å². The number of aromatic nitrogens is 2. The van der Waals surface area contributed by atoms with Crippen LogP contribution in [0, 0.1) is 23.7 Å². The summed E-state index contributed by atoms with van der Waals surface area (Å²) in [5.74, 6) is 4.95. The number of nitrogen functional groups attached to an aromatic ring is 1. The van der Waals surface area contributed by atoms with Crippen molar-refractivity contribution in [1.82, 2.24) is 10.2 Å². The molecule has 5 rings (SSSR count). The quantitative estimate of drug-likeness (QED) is 0.878. The van der Waals surface area contributed by atoms with Gasteiger partial charge in [-0.2, -0.15) is 5.10 Å². The average molecular weight is 300 g/mol. The Morgan fingerprint density at radius 3 is 2.43 bits per heavy atom. The molecule has 0 aliphatic heterocycles. The summed E-state index contributed by atoms with van der Waals surface area (Å²) in [6, 6.07) is 7.93. The Morgan fingerprint density at radius 1 is 1.10 bits per heavy atom. The van der Waals surface area contributed by atoms with Gasteiger partial charge in [-0.3, -0.25) is 5.10 Å². The van der Waals surface area contributed by atoms with Crippen LogP contribution in [-0.4, -0.2) is 10.2 Å². The van der Waals surface area contributed by atoms with Crippen LogP contribution in [0.4, 0.5) is 5.82 Å². The number of aromatic amines is 1. The zero-order chi connectivity index (χ0) is 14.1. The van der Waals surface area contributed by atoms with Gasteiger partial charge >= 0.3 is 0 Å². The van der Waals surface area contributed by atoms with E-state index in [0.29, 0.717) is 11.7 Å². The van der Waals surface area contributed by atoms with Crippen molar-refractivity contribution in [2.75, 3.05) is 5.73 Å². The first-order valence-corrected chi connectivity index (χ1v) is 8.21. The van der Waals surface area contributed by atoms with E-state index in [2.05, 4.69) is 10.2 Å². The molecule has 3 saturated carbocycles. The largest absolute Gasteiger partial charge is 0.382 e. The average Bonchev–Trinajstić information content (AvgIpc) is 2.81. The van der Waals surface area contributed by atoms with Crippen LogP contribution in [0.25, 0.3) is 11.1 Å². The Labute approximate surface area is 128 Å². The van der Waals surface area contributed by atoms with Crippen molar-refractivity contribution in [2.45, 2.75) is 25.2 Å². The molecule has 3 aliphatic rings. The molecule has 1 aromatic heterocycles. The van der Waals surface area contributed by atoms with Crippen LogP contribution in [0.15, 0.2) is 24.3 Å². The molecule has 4 atom stereocenters. The molecule has 1 aromatic carbocycles. The highest BCUT2D eigenvalue weighted by molar-refractivity contribution is 6.30. The molecule has 0 radical (unpaired) electrons. The van der Waals surface area contributed by atoms with Crippen molar-refractivity contribution in [3.8, 4) is 11.1 Å². The molecule has 4 unspecified atom stereocenters. The van der Waals surface area contributed by atoms with Gasteiger partial charge in [0.05, 0.1) is 0 Å². The fourth-order valence-corrected chi connectivity index (χ4v) is 5.37. The number of benzene rings is 1. The monoisotopic (exact) mass is 299 g/mol. The van der Waals surface area contributed by atoms with E-state index in [-0.39, 0.29) is 0 Å². The number of nitrogens with zero attached hydrogens (tertiary/aromatic N) is 1. The lowest BCUT2D eigenvalue weighted by atomic mass is 9.96. The van der Waals surface area contributed by atoms with Gasteiger partial charge in [0.1, 0.15) is 0 Å². The first-order chi connectivity index (χ1) is 10.2. The summed E-state index contributed by atoms with van der Waals surface area (Å²) >= 11 is 6.00. The van der Waals surface area contributed by atoms with Gasteiger partial charge in [0.25, 0.3) is 0 Å². The number of nitrogens with two attached hydrogens (primary N) is 1. The summed E-state index contributed by atoms with van der Waals surface area (Å²) in [6.07, 6.45) is 4.33. The summed E-state index contributed by atoms with van der Waals surface area (Å²) in [5, 5.41) is 8.29. The van der Waals surface area contributed by atoms with Gasteiger partial charge in [-0.05, 0) is 60.6 Å². The summed E-state index contributed by atoms with van der Waals surface area (Å²) in [7, 11) is 0. The van der Waals surface area contributed by atoms with Crippen LogP contribution in [0.2, 0.25) is 5.02 Å². The summed E-state index contributed by atoms with van der Waals surface area (Å²) in [5.41, 5.74) is 9.63. The maximum Gasteiger partial charge on any atom is 0.153 e. The first kappa shape index (κ1) is 12.1. The summed E-state index contributed by atoms with van der Waals surface area (Å²) in [6.45, 7) is 0. The lowest BCUT2D eigenvalue weighted by molar-refractivity contribution is 0.456. The normalized spacial score (nSPS) is 36.0. The van der Waals surface area contributed by atoms with Crippen LogP contribution < -0.4 is 5.73 Å². The number of halogens is 1. The van der Waals surface area contributed by atoms with Gasteiger partial charge in [0, 0.05) is 22.2 Å². The highest BCUT2D eigenvalue weighted by atomic mass is 35.5. The SMILES string of the molecule is Nc1n[nH]c(C2C3C4CCC(C4)C23)c1-c1ccc(Cl)cc1. The van der Waals surface area contributed by atoms with Crippen molar-refractivity contribution in [2.24, 2.45) is 23.7 Å². The van der Waals surface area contributed by atoms with E-state index in [1.165, 1.54) is 25.0 Å².